The van der Waals surface area contributed by atoms with Crippen molar-refractivity contribution in [2.45, 2.75) is 31.3 Å². The Hall–Kier alpha value is -2.53. The molecule has 2 fully saturated rings. The van der Waals surface area contributed by atoms with E-state index in [9.17, 15) is 15.0 Å². The third-order valence-corrected chi connectivity index (χ3v) is 6.17. The summed E-state index contributed by atoms with van der Waals surface area (Å²) < 4.78 is 5.28. The second-order valence-corrected chi connectivity index (χ2v) is 8.32. The van der Waals surface area contributed by atoms with Crippen molar-refractivity contribution in [2.75, 3.05) is 20.2 Å². The monoisotopic (exact) mass is 381 g/mol. The molecule has 2 N–H and O–H groups in total. The van der Waals surface area contributed by atoms with Crippen LogP contribution in [0.2, 0.25) is 0 Å². The van der Waals surface area contributed by atoms with E-state index in [2.05, 4.69) is 0 Å². The minimum absolute atomic E-state index is 0.122. The molecule has 2 aromatic rings. The van der Waals surface area contributed by atoms with Crippen molar-refractivity contribution in [3.63, 3.8) is 0 Å². The minimum atomic E-state index is -0.701. The third kappa shape index (κ3) is 3.99. The van der Waals surface area contributed by atoms with E-state index in [0.717, 1.165) is 42.8 Å². The first kappa shape index (κ1) is 18.8. The minimum Gasteiger partial charge on any atom is -0.508 e. The first-order valence-electron chi connectivity index (χ1n) is 9.85. The number of hydrogen-bond donors (Lipinski definition) is 2. The van der Waals surface area contributed by atoms with E-state index in [-0.39, 0.29) is 11.7 Å². The van der Waals surface area contributed by atoms with Crippen LogP contribution < -0.4 is 4.74 Å². The molecule has 5 nitrogen and oxygen atoms in total. The summed E-state index contributed by atoms with van der Waals surface area (Å²) in [4.78, 5) is 14.6. The Morgan fingerprint density at radius 1 is 1.11 bits per heavy atom. The van der Waals surface area contributed by atoms with Crippen molar-refractivity contribution in [1.29, 1.82) is 0 Å². The van der Waals surface area contributed by atoms with E-state index in [4.69, 9.17) is 4.74 Å². The van der Waals surface area contributed by atoms with Gasteiger partial charge in [0.25, 0.3) is 0 Å². The highest BCUT2D eigenvalue weighted by Gasteiger charge is 2.48. The molecule has 28 heavy (non-hydrogen) atoms. The molecule has 148 valence electrons. The number of nitrogens with zero attached hydrogens (tertiary/aromatic N) is 1. The highest BCUT2D eigenvalue weighted by atomic mass is 16.5. The van der Waals surface area contributed by atoms with Crippen molar-refractivity contribution in [2.24, 2.45) is 11.8 Å². The number of amides is 1. The molecule has 0 aromatic heterocycles. The number of aromatic hydroxyl groups is 1. The number of methoxy groups -OCH3 is 1. The first-order chi connectivity index (χ1) is 13.4. The Morgan fingerprint density at radius 3 is 2.43 bits per heavy atom. The van der Waals surface area contributed by atoms with Gasteiger partial charge in [0.2, 0.25) is 5.91 Å². The lowest BCUT2D eigenvalue weighted by Crippen LogP contribution is -2.35. The number of phenolic OH excluding ortho intramolecular Hbond substituents is 1. The molecule has 1 aliphatic heterocycles. The molecule has 0 radical (unpaired) electrons. The molecule has 0 spiro atoms. The van der Waals surface area contributed by atoms with Crippen molar-refractivity contribution in [1.82, 2.24) is 4.90 Å². The summed E-state index contributed by atoms with van der Waals surface area (Å²) in [5, 5.41) is 20.5. The molecule has 2 aliphatic rings. The van der Waals surface area contributed by atoms with Gasteiger partial charge in [-0.2, -0.15) is 0 Å². The fourth-order valence-electron chi connectivity index (χ4n) is 4.87. The van der Waals surface area contributed by atoms with Crippen LogP contribution in [0.5, 0.6) is 11.5 Å². The zero-order valence-corrected chi connectivity index (χ0v) is 16.2. The Bertz CT molecular complexity index is 834. The van der Waals surface area contributed by atoms with Crippen LogP contribution >= 0.6 is 0 Å². The SMILES string of the molecule is COc1cccc(CC2(O)C[C@H]3CN(C(=O)Cc4ccc(O)cc4)C[C@H]3C2)c1. The predicted molar refractivity (Wildman–Crippen MR) is 106 cm³/mol. The van der Waals surface area contributed by atoms with E-state index >= 15 is 0 Å². The number of hydrogen-bond acceptors (Lipinski definition) is 4. The maximum Gasteiger partial charge on any atom is 0.227 e. The molecule has 1 saturated heterocycles. The van der Waals surface area contributed by atoms with E-state index in [0.29, 0.717) is 24.7 Å². The van der Waals surface area contributed by atoms with Gasteiger partial charge in [0.05, 0.1) is 19.1 Å². The zero-order chi connectivity index (χ0) is 19.7. The van der Waals surface area contributed by atoms with Crippen molar-refractivity contribution >= 4 is 5.91 Å². The summed E-state index contributed by atoms with van der Waals surface area (Å²) in [5.74, 6) is 1.86. The number of carbonyl (C=O) groups excluding carboxylic acids is 1. The van der Waals surface area contributed by atoms with Gasteiger partial charge in [0, 0.05) is 19.5 Å². The van der Waals surface area contributed by atoms with Gasteiger partial charge in [0.15, 0.2) is 0 Å². The second-order valence-electron chi connectivity index (χ2n) is 8.32. The largest absolute Gasteiger partial charge is 0.508 e. The summed E-state index contributed by atoms with van der Waals surface area (Å²) in [7, 11) is 1.65. The van der Waals surface area contributed by atoms with Gasteiger partial charge < -0.3 is 19.8 Å². The summed E-state index contributed by atoms with van der Waals surface area (Å²) in [6.07, 6.45) is 2.45. The van der Waals surface area contributed by atoms with Crippen LogP contribution in [-0.2, 0) is 17.6 Å². The van der Waals surface area contributed by atoms with Gasteiger partial charge in [-0.3, -0.25) is 4.79 Å². The molecule has 2 aromatic carbocycles. The van der Waals surface area contributed by atoms with E-state index in [1.54, 1.807) is 31.4 Å². The average molecular weight is 381 g/mol. The van der Waals surface area contributed by atoms with Crippen LogP contribution in [0.4, 0.5) is 0 Å². The fraction of sp³-hybridized carbons (Fsp3) is 0.435. The maximum absolute atomic E-state index is 12.6. The molecular weight excluding hydrogens is 354 g/mol. The third-order valence-electron chi connectivity index (χ3n) is 6.17. The normalized spacial score (nSPS) is 26.3. The van der Waals surface area contributed by atoms with E-state index < -0.39 is 5.60 Å². The molecule has 1 aliphatic carbocycles. The molecule has 4 rings (SSSR count). The molecular formula is C23H27NO4. The highest BCUT2D eigenvalue weighted by molar-refractivity contribution is 5.79. The smallest absolute Gasteiger partial charge is 0.227 e. The number of benzene rings is 2. The molecule has 1 unspecified atom stereocenters. The van der Waals surface area contributed by atoms with Gasteiger partial charge in [-0.25, -0.2) is 0 Å². The van der Waals surface area contributed by atoms with Crippen LogP contribution in [-0.4, -0.2) is 46.8 Å². The lowest BCUT2D eigenvalue weighted by Gasteiger charge is -2.26. The second kappa shape index (κ2) is 7.47. The number of rotatable bonds is 5. The van der Waals surface area contributed by atoms with Gasteiger partial charge in [-0.05, 0) is 60.1 Å². The Balaban J connectivity index is 1.34. The number of ether oxygens (including phenoxy) is 1. The summed E-state index contributed by atoms with van der Waals surface area (Å²) >= 11 is 0. The highest BCUT2D eigenvalue weighted by Crippen LogP contribution is 2.45. The number of likely N-dealkylation sites (tertiary alicyclic amines) is 1. The standard InChI is InChI=1S/C23H27NO4/c1-28-21-4-2-3-17(9-21)11-23(27)12-18-14-24(15-19(18)13-23)22(26)10-16-5-7-20(25)8-6-16/h2-9,18-19,25,27H,10-15H2,1H3/t18-,19+,23?. The van der Waals surface area contributed by atoms with Crippen molar-refractivity contribution < 1.29 is 19.7 Å². The molecule has 1 saturated carbocycles. The fourth-order valence-corrected chi connectivity index (χ4v) is 4.87. The summed E-state index contributed by atoms with van der Waals surface area (Å²) in [5.41, 5.74) is 1.30. The molecule has 1 amide bonds. The lowest BCUT2D eigenvalue weighted by molar-refractivity contribution is -0.130. The van der Waals surface area contributed by atoms with Gasteiger partial charge >= 0.3 is 0 Å². The zero-order valence-electron chi connectivity index (χ0n) is 16.2. The van der Waals surface area contributed by atoms with Crippen LogP contribution in [0.25, 0.3) is 0 Å². The Labute approximate surface area is 165 Å². The molecule has 3 atom stereocenters. The van der Waals surface area contributed by atoms with Crippen LogP contribution in [0, 0.1) is 11.8 Å². The Kier molecular flexibility index (Phi) is 5.02. The number of phenols is 1. The summed E-state index contributed by atoms with van der Waals surface area (Å²) in [6, 6.07) is 14.7. The van der Waals surface area contributed by atoms with Gasteiger partial charge in [0.1, 0.15) is 11.5 Å². The average Bonchev–Trinajstić information content (AvgIpc) is 3.18. The topological polar surface area (TPSA) is 70.0 Å². The van der Waals surface area contributed by atoms with Gasteiger partial charge in [-0.1, -0.05) is 24.3 Å². The lowest BCUT2D eigenvalue weighted by atomic mass is 9.91. The predicted octanol–water partition coefficient (Wildman–Crippen LogP) is 2.79. The van der Waals surface area contributed by atoms with Crippen molar-refractivity contribution in [3.05, 3.63) is 59.7 Å². The summed E-state index contributed by atoms with van der Waals surface area (Å²) in [6.45, 7) is 1.45. The number of fused-ring (bicyclic) bond motifs is 1. The molecule has 1 heterocycles. The van der Waals surface area contributed by atoms with E-state index in [1.807, 2.05) is 29.2 Å². The maximum atomic E-state index is 12.6. The van der Waals surface area contributed by atoms with Gasteiger partial charge in [-0.15, -0.1) is 0 Å². The van der Waals surface area contributed by atoms with Crippen molar-refractivity contribution in [3.8, 4) is 11.5 Å². The van der Waals surface area contributed by atoms with E-state index in [1.165, 1.54) is 0 Å². The van der Waals surface area contributed by atoms with Crippen LogP contribution in [0.15, 0.2) is 48.5 Å². The molecule has 5 heteroatoms. The quantitative estimate of drug-likeness (QED) is 0.836. The van der Waals surface area contributed by atoms with Crippen LogP contribution in [0.1, 0.15) is 24.0 Å². The Morgan fingerprint density at radius 2 is 1.79 bits per heavy atom. The first-order valence-corrected chi connectivity index (χ1v) is 9.85. The molecule has 0 bridgehead atoms. The van der Waals surface area contributed by atoms with Crippen LogP contribution in [0.3, 0.4) is 0 Å². The number of aliphatic hydroxyl groups is 1. The number of carbonyl (C=O) groups is 1.